The number of phenolic OH excluding ortho intramolecular Hbond substituents is 1. The molecule has 0 saturated carbocycles. The SMILES string of the molecule is CNCc1nnn(Cc2ccc(O)cc2)c1C. The van der Waals surface area contributed by atoms with Gasteiger partial charge in [-0.3, -0.25) is 0 Å². The van der Waals surface area contributed by atoms with Crippen molar-refractivity contribution in [3.8, 4) is 5.75 Å². The van der Waals surface area contributed by atoms with E-state index in [1.165, 1.54) is 0 Å². The van der Waals surface area contributed by atoms with E-state index in [2.05, 4.69) is 15.6 Å². The van der Waals surface area contributed by atoms with E-state index in [0.29, 0.717) is 6.54 Å². The maximum Gasteiger partial charge on any atom is 0.115 e. The largest absolute Gasteiger partial charge is 0.508 e. The van der Waals surface area contributed by atoms with E-state index in [4.69, 9.17) is 0 Å². The van der Waals surface area contributed by atoms with Gasteiger partial charge in [0.05, 0.1) is 17.9 Å². The summed E-state index contributed by atoms with van der Waals surface area (Å²) in [7, 11) is 1.89. The third-order valence-electron chi connectivity index (χ3n) is 2.69. The first-order valence-corrected chi connectivity index (χ1v) is 5.52. The molecular formula is C12H16N4O. The van der Waals surface area contributed by atoms with Crippen LogP contribution in [0.2, 0.25) is 0 Å². The molecule has 90 valence electrons. The first-order chi connectivity index (χ1) is 8.20. The minimum absolute atomic E-state index is 0.278. The van der Waals surface area contributed by atoms with Gasteiger partial charge in [-0.15, -0.1) is 5.10 Å². The van der Waals surface area contributed by atoms with Crippen LogP contribution < -0.4 is 5.32 Å². The third kappa shape index (κ3) is 2.62. The average molecular weight is 232 g/mol. The highest BCUT2D eigenvalue weighted by Crippen LogP contribution is 2.12. The van der Waals surface area contributed by atoms with Gasteiger partial charge in [-0.2, -0.15) is 0 Å². The highest BCUT2D eigenvalue weighted by Gasteiger charge is 2.07. The molecule has 2 N–H and O–H groups in total. The molecule has 0 aliphatic rings. The Morgan fingerprint density at radius 2 is 2.00 bits per heavy atom. The van der Waals surface area contributed by atoms with Crippen LogP contribution >= 0.6 is 0 Å². The van der Waals surface area contributed by atoms with Gasteiger partial charge in [0.1, 0.15) is 5.75 Å². The van der Waals surface area contributed by atoms with E-state index in [9.17, 15) is 5.11 Å². The molecular weight excluding hydrogens is 216 g/mol. The molecule has 0 fully saturated rings. The lowest BCUT2D eigenvalue weighted by molar-refractivity contribution is 0.475. The number of nitrogens with one attached hydrogen (secondary N) is 1. The Hall–Kier alpha value is -1.88. The molecule has 5 nitrogen and oxygen atoms in total. The Morgan fingerprint density at radius 1 is 1.29 bits per heavy atom. The van der Waals surface area contributed by atoms with Crippen molar-refractivity contribution in [2.45, 2.75) is 20.0 Å². The van der Waals surface area contributed by atoms with Crippen molar-refractivity contribution in [1.29, 1.82) is 0 Å². The zero-order chi connectivity index (χ0) is 12.3. The van der Waals surface area contributed by atoms with Gasteiger partial charge >= 0.3 is 0 Å². The quantitative estimate of drug-likeness (QED) is 0.827. The summed E-state index contributed by atoms with van der Waals surface area (Å²) in [6.07, 6.45) is 0. The van der Waals surface area contributed by atoms with Crippen LogP contribution in [0, 0.1) is 6.92 Å². The van der Waals surface area contributed by atoms with Crippen molar-refractivity contribution in [2.24, 2.45) is 0 Å². The number of aromatic nitrogens is 3. The summed E-state index contributed by atoms with van der Waals surface area (Å²) in [5.74, 6) is 0.278. The fraction of sp³-hybridized carbons (Fsp3) is 0.333. The van der Waals surface area contributed by atoms with E-state index in [1.807, 2.05) is 30.8 Å². The molecule has 17 heavy (non-hydrogen) atoms. The average Bonchev–Trinajstić information content (AvgIpc) is 2.65. The lowest BCUT2D eigenvalue weighted by Crippen LogP contribution is -2.08. The molecule has 0 radical (unpaired) electrons. The van der Waals surface area contributed by atoms with E-state index < -0.39 is 0 Å². The number of phenols is 1. The van der Waals surface area contributed by atoms with Crippen molar-refractivity contribution in [2.75, 3.05) is 7.05 Å². The van der Waals surface area contributed by atoms with Gasteiger partial charge in [-0.05, 0) is 31.7 Å². The number of hydrogen-bond donors (Lipinski definition) is 2. The highest BCUT2D eigenvalue weighted by molar-refractivity contribution is 5.26. The molecule has 5 heteroatoms. The van der Waals surface area contributed by atoms with E-state index in [0.717, 1.165) is 23.5 Å². The second-order valence-electron chi connectivity index (χ2n) is 3.98. The first-order valence-electron chi connectivity index (χ1n) is 5.52. The fourth-order valence-electron chi connectivity index (χ4n) is 1.65. The number of aromatic hydroxyl groups is 1. The maximum absolute atomic E-state index is 9.21. The number of hydrogen-bond acceptors (Lipinski definition) is 4. The molecule has 0 spiro atoms. The summed E-state index contributed by atoms with van der Waals surface area (Å²) in [4.78, 5) is 0. The van der Waals surface area contributed by atoms with Crippen molar-refractivity contribution in [3.05, 3.63) is 41.2 Å². The molecule has 0 amide bonds. The van der Waals surface area contributed by atoms with Crippen molar-refractivity contribution < 1.29 is 5.11 Å². The predicted molar refractivity (Wildman–Crippen MR) is 64.7 cm³/mol. The maximum atomic E-state index is 9.21. The molecule has 2 aromatic rings. The summed E-state index contributed by atoms with van der Waals surface area (Å²) < 4.78 is 1.86. The molecule has 1 aromatic heterocycles. The Balaban J connectivity index is 2.16. The smallest absolute Gasteiger partial charge is 0.115 e. The van der Waals surface area contributed by atoms with E-state index in [-0.39, 0.29) is 5.75 Å². The molecule has 0 atom stereocenters. The van der Waals surface area contributed by atoms with E-state index >= 15 is 0 Å². The molecule has 0 bridgehead atoms. The second kappa shape index (κ2) is 4.97. The summed E-state index contributed by atoms with van der Waals surface area (Å²) in [6.45, 7) is 3.40. The normalized spacial score (nSPS) is 10.7. The molecule has 1 aromatic carbocycles. The summed E-state index contributed by atoms with van der Waals surface area (Å²) in [6, 6.07) is 7.12. The molecule has 0 aliphatic carbocycles. The summed E-state index contributed by atoms with van der Waals surface area (Å²) in [5, 5.41) is 20.5. The van der Waals surface area contributed by atoms with Gasteiger partial charge in [0.15, 0.2) is 0 Å². The van der Waals surface area contributed by atoms with Gasteiger partial charge in [0, 0.05) is 6.54 Å². The van der Waals surface area contributed by atoms with Crippen LogP contribution in [0.5, 0.6) is 5.75 Å². The van der Waals surface area contributed by atoms with Crippen LogP contribution in [-0.4, -0.2) is 27.1 Å². The minimum atomic E-state index is 0.278. The topological polar surface area (TPSA) is 63.0 Å². The third-order valence-corrected chi connectivity index (χ3v) is 2.69. The molecule has 1 heterocycles. The van der Waals surface area contributed by atoms with Crippen LogP contribution in [0.25, 0.3) is 0 Å². The Kier molecular flexibility index (Phi) is 3.39. The lowest BCUT2D eigenvalue weighted by Gasteiger charge is -2.04. The standard InChI is InChI=1S/C12H16N4O/c1-9-12(7-13-2)14-15-16(9)8-10-3-5-11(17)6-4-10/h3-6,13,17H,7-8H2,1-2H3. The molecule has 2 rings (SSSR count). The first kappa shape index (κ1) is 11.6. The number of nitrogens with zero attached hydrogens (tertiary/aromatic N) is 3. The van der Waals surface area contributed by atoms with Crippen LogP contribution in [-0.2, 0) is 13.1 Å². The summed E-state index contributed by atoms with van der Waals surface area (Å²) >= 11 is 0. The van der Waals surface area contributed by atoms with E-state index in [1.54, 1.807) is 12.1 Å². The number of benzene rings is 1. The zero-order valence-electron chi connectivity index (χ0n) is 10.0. The minimum Gasteiger partial charge on any atom is -0.508 e. The highest BCUT2D eigenvalue weighted by atomic mass is 16.3. The molecule has 0 saturated heterocycles. The lowest BCUT2D eigenvalue weighted by atomic mass is 10.2. The van der Waals surface area contributed by atoms with Crippen molar-refractivity contribution in [1.82, 2.24) is 20.3 Å². The molecule has 0 aliphatic heterocycles. The second-order valence-corrected chi connectivity index (χ2v) is 3.98. The van der Waals surface area contributed by atoms with Gasteiger partial charge in [0.25, 0.3) is 0 Å². The Labute approximate surface area is 100 Å². The zero-order valence-corrected chi connectivity index (χ0v) is 10.0. The van der Waals surface area contributed by atoms with Crippen molar-refractivity contribution >= 4 is 0 Å². The van der Waals surface area contributed by atoms with Crippen LogP contribution in [0.3, 0.4) is 0 Å². The fourth-order valence-corrected chi connectivity index (χ4v) is 1.65. The van der Waals surface area contributed by atoms with Gasteiger partial charge in [-0.25, -0.2) is 4.68 Å². The predicted octanol–water partition coefficient (Wildman–Crippen LogP) is 1.06. The van der Waals surface area contributed by atoms with Crippen LogP contribution in [0.15, 0.2) is 24.3 Å². The van der Waals surface area contributed by atoms with Crippen LogP contribution in [0.4, 0.5) is 0 Å². The molecule has 0 unspecified atom stereocenters. The van der Waals surface area contributed by atoms with Gasteiger partial charge < -0.3 is 10.4 Å². The van der Waals surface area contributed by atoms with Crippen molar-refractivity contribution in [3.63, 3.8) is 0 Å². The summed E-state index contributed by atoms with van der Waals surface area (Å²) in [5.41, 5.74) is 3.12. The van der Waals surface area contributed by atoms with Gasteiger partial charge in [0.2, 0.25) is 0 Å². The van der Waals surface area contributed by atoms with Gasteiger partial charge in [-0.1, -0.05) is 17.3 Å². The Morgan fingerprint density at radius 3 is 2.65 bits per heavy atom. The number of rotatable bonds is 4. The Bertz CT molecular complexity index is 490. The monoisotopic (exact) mass is 232 g/mol. The van der Waals surface area contributed by atoms with Crippen LogP contribution in [0.1, 0.15) is 17.0 Å².